The number of para-hydroxylation sites is 1. The summed E-state index contributed by atoms with van der Waals surface area (Å²) in [6.45, 7) is 0. The number of nitrogens with zero attached hydrogens (tertiary/aromatic N) is 4. The Kier molecular flexibility index (Phi) is 5.68. The standard InChI is InChI=1S/C28H18F2N6O2/c29-17-11-12-20(30)19(15-17)24-22(26-31-13-6-14-36(26)35-24)27(37)34-25-28(38)32-21-10-5-4-9-18(21)23(33-25)16-7-2-1-3-8-16/h1-15,25H,(H,32,38)(H,34,37)/t25-/m1/s1. The highest BCUT2D eigenvalue weighted by molar-refractivity contribution is 6.20. The Balaban J connectivity index is 1.46. The molecule has 3 heterocycles. The minimum Gasteiger partial charge on any atom is -0.322 e. The van der Waals surface area contributed by atoms with Gasteiger partial charge in [-0.2, -0.15) is 5.10 Å². The maximum Gasteiger partial charge on any atom is 0.269 e. The molecule has 2 amide bonds. The molecule has 1 aliphatic heterocycles. The lowest BCUT2D eigenvalue weighted by atomic mass is 10.0. The minimum absolute atomic E-state index is 0.105. The first-order valence-corrected chi connectivity index (χ1v) is 11.6. The fraction of sp³-hybridized carbons (Fsp3) is 0.0357. The van der Waals surface area contributed by atoms with E-state index in [4.69, 9.17) is 0 Å². The van der Waals surface area contributed by atoms with Crippen molar-refractivity contribution >= 4 is 28.9 Å². The second-order valence-corrected chi connectivity index (χ2v) is 8.49. The van der Waals surface area contributed by atoms with Gasteiger partial charge in [-0.15, -0.1) is 0 Å². The van der Waals surface area contributed by atoms with E-state index in [9.17, 15) is 18.4 Å². The number of aliphatic imine (C=N–C) groups is 1. The molecule has 0 saturated carbocycles. The first kappa shape index (κ1) is 23.2. The van der Waals surface area contributed by atoms with Crippen molar-refractivity contribution in [3.8, 4) is 11.3 Å². The molecule has 10 heteroatoms. The number of amides is 2. The van der Waals surface area contributed by atoms with Crippen molar-refractivity contribution in [2.75, 3.05) is 5.32 Å². The number of anilines is 1. The van der Waals surface area contributed by atoms with Crippen LogP contribution in [0.5, 0.6) is 0 Å². The van der Waals surface area contributed by atoms with Gasteiger partial charge in [-0.1, -0.05) is 48.5 Å². The van der Waals surface area contributed by atoms with Crippen LogP contribution in [0.1, 0.15) is 21.5 Å². The van der Waals surface area contributed by atoms with E-state index in [1.807, 2.05) is 42.5 Å². The summed E-state index contributed by atoms with van der Waals surface area (Å²) in [6, 6.07) is 20.9. The average Bonchev–Trinajstić information content (AvgIpc) is 3.26. The lowest BCUT2D eigenvalue weighted by molar-refractivity contribution is -0.117. The van der Waals surface area contributed by atoms with Crippen LogP contribution in [0.25, 0.3) is 16.9 Å². The molecule has 8 nitrogen and oxygen atoms in total. The van der Waals surface area contributed by atoms with Gasteiger partial charge < -0.3 is 10.6 Å². The molecule has 0 bridgehead atoms. The van der Waals surface area contributed by atoms with Crippen LogP contribution >= 0.6 is 0 Å². The summed E-state index contributed by atoms with van der Waals surface area (Å²) in [5.74, 6) is -2.81. The molecule has 0 spiro atoms. The Morgan fingerprint density at radius 2 is 1.74 bits per heavy atom. The zero-order valence-electron chi connectivity index (χ0n) is 19.6. The third kappa shape index (κ3) is 4.07. The lowest BCUT2D eigenvalue weighted by Crippen LogP contribution is -2.42. The van der Waals surface area contributed by atoms with Crippen LogP contribution in [-0.4, -0.2) is 38.3 Å². The van der Waals surface area contributed by atoms with Gasteiger partial charge in [0.1, 0.15) is 22.9 Å². The zero-order valence-corrected chi connectivity index (χ0v) is 19.6. The summed E-state index contributed by atoms with van der Waals surface area (Å²) in [6.07, 6.45) is 1.63. The smallest absolute Gasteiger partial charge is 0.269 e. The number of aromatic nitrogens is 3. The van der Waals surface area contributed by atoms with Crippen LogP contribution in [0.4, 0.5) is 14.5 Å². The van der Waals surface area contributed by atoms with E-state index in [0.29, 0.717) is 17.0 Å². The van der Waals surface area contributed by atoms with E-state index in [0.717, 1.165) is 23.8 Å². The molecule has 1 atom stereocenters. The number of hydrogen-bond donors (Lipinski definition) is 2. The number of hydrogen-bond acceptors (Lipinski definition) is 5. The number of carbonyl (C=O) groups is 2. The van der Waals surface area contributed by atoms with Gasteiger partial charge in [0.25, 0.3) is 11.8 Å². The van der Waals surface area contributed by atoms with Crippen molar-refractivity contribution in [1.82, 2.24) is 19.9 Å². The number of fused-ring (bicyclic) bond motifs is 2. The second-order valence-electron chi connectivity index (χ2n) is 8.49. The number of nitrogens with one attached hydrogen (secondary N) is 2. The quantitative estimate of drug-likeness (QED) is 0.380. The maximum absolute atomic E-state index is 14.7. The molecule has 0 radical (unpaired) electrons. The summed E-state index contributed by atoms with van der Waals surface area (Å²) in [5, 5.41) is 9.72. The predicted molar refractivity (Wildman–Crippen MR) is 137 cm³/mol. The van der Waals surface area contributed by atoms with Gasteiger partial charge in [-0.3, -0.25) is 9.59 Å². The molecule has 0 fully saturated rings. The van der Waals surface area contributed by atoms with E-state index in [1.165, 1.54) is 16.9 Å². The van der Waals surface area contributed by atoms with Crippen molar-refractivity contribution in [1.29, 1.82) is 0 Å². The number of halogens is 2. The van der Waals surface area contributed by atoms with Crippen LogP contribution in [0, 0.1) is 11.6 Å². The van der Waals surface area contributed by atoms with Gasteiger partial charge in [0, 0.05) is 29.1 Å². The van der Waals surface area contributed by atoms with E-state index in [-0.39, 0.29) is 22.5 Å². The maximum atomic E-state index is 14.7. The van der Waals surface area contributed by atoms with Gasteiger partial charge in [0.15, 0.2) is 5.65 Å². The van der Waals surface area contributed by atoms with Crippen molar-refractivity contribution in [3.63, 3.8) is 0 Å². The summed E-state index contributed by atoms with van der Waals surface area (Å²) in [5.41, 5.74) is 2.11. The fourth-order valence-corrected chi connectivity index (χ4v) is 4.34. The third-order valence-electron chi connectivity index (χ3n) is 6.07. The Morgan fingerprint density at radius 3 is 2.58 bits per heavy atom. The largest absolute Gasteiger partial charge is 0.322 e. The van der Waals surface area contributed by atoms with E-state index >= 15 is 0 Å². The third-order valence-corrected chi connectivity index (χ3v) is 6.07. The second kappa shape index (κ2) is 9.32. The first-order valence-electron chi connectivity index (χ1n) is 11.6. The van der Waals surface area contributed by atoms with E-state index in [2.05, 4.69) is 25.7 Å². The number of carbonyl (C=O) groups excluding carboxylic acids is 2. The minimum atomic E-state index is -1.34. The van der Waals surface area contributed by atoms with Crippen molar-refractivity contribution < 1.29 is 18.4 Å². The van der Waals surface area contributed by atoms with Gasteiger partial charge >= 0.3 is 0 Å². The topological polar surface area (TPSA) is 101 Å². The molecule has 0 unspecified atom stereocenters. The molecule has 2 N–H and O–H groups in total. The summed E-state index contributed by atoms with van der Waals surface area (Å²) in [4.78, 5) is 35.7. The van der Waals surface area contributed by atoms with E-state index in [1.54, 1.807) is 18.2 Å². The molecular formula is C28H18F2N6O2. The fourth-order valence-electron chi connectivity index (χ4n) is 4.34. The molecule has 6 rings (SSSR count). The van der Waals surface area contributed by atoms with Crippen molar-refractivity contribution in [2.24, 2.45) is 4.99 Å². The molecule has 2 aromatic heterocycles. The number of rotatable bonds is 4. The van der Waals surface area contributed by atoms with Crippen LogP contribution in [-0.2, 0) is 4.79 Å². The predicted octanol–water partition coefficient (Wildman–Crippen LogP) is 4.22. The first-order chi connectivity index (χ1) is 18.5. The van der Waals surface area contributed by atoms with Gasteiger partial charge in [-0.25, -0.2) is 23.3 Å². The van der Waals surface area contributed by atoms with Crippen molar-refractivity contribution in [3.05, 3.63) is 120 Å². The molecule has 0 aliphatic carbocycles. The molecular weight excluding hydrogens is 490 g/mol. The van der Waals surface area contributed by atoms with Gasteiger partial charge in [0.05, 0.1) is 11.4 Å². The summed E-state index contributed by atoms with van der Waals surface area (Å²) < 4.78 is 30.1. The molecule has 1 aliphatic rings. The average molecular weight is 508 g/mol. The van der Waals surface area contributed by atoms with Crippen LogP contribution < -0.4 is 10.6 Å². The monoisotopic (exact) mass is 508 g/mol. The van der Waals surface area contributed by atoms with Crippen LogP contribution in [0.15, 0.2) is 96.2 Å². The number of benzodiazepines with no additional fused rings is 1. The number of benzene rings is 3. The molecule has 38 heavy (non-hydrogen) atoms. The van der Waals surface area contributed by atoms with Crippen molar-refractivity contribution in [2.45, 2.75) is 6.17 Å². The van der Waals surface area contributed by atoms with Crippen LogP contribution in [0.3, 0.4) is 0 Å². The lowest BCUT2D eigenvalue weighted by Gasteiger charge is -2.13. The van der Waals surface area contributed by atoms with Gasteiger partial charge in [0.2, 0.25) is 6.17 Å². The highest BCUT2D eigenvalue weighted by Crippen LogP contribution is 2.29. The highest BCUT2D eigenvalue weighted by atomic mass is 19.1. The molecule has 0 saturated heterocycles. The Labute approximate surface area is 214 Å². The van der Waals surface area contributed by atoms with Gasteiger partial charge in [-0.05, 0) is 30.3 Å². The Bertz CT molecular complexity index is 1750. The molecule has 5 aromatic rings. The molecule has 186 valence electrons. The molecule has 3 aromatic carbocycles. The zero-order chi connectivity index (χ0) is 26.2. The Morgan fingerprint density at radius 1 is 0.947 bits per heavy atom. The summed E-state index contributed by atoms with van der Waals surface area (Å²) >= 11 is 0. The van der Waals surface area contributed by atoms with E-state index < -0.39 is 29.6 Å². The Hall–Kier alpha value is -5.25. The highest BCUT2D eigenvalue weighted by Gasteiger charge is 2.31. The SMILES string of the molecule is O=C(N[C@H]1N=C(c2ccccc2)c2ccccc2NC1=O)c1c(-c2cc(F)ccc2F)nn2cccnc12. The normalized spacial score (nSPS) is 14.8. The van der Waals surface area contributed by atoms with Crippen LogP contribution in [0.2, 0.25) is 0 Å². The summed E-state index contributed by atoms with van der Waals surface area (Å²) in [7, 11) is 0.